The number of rotatable bonds is 7. The van der Waals surface area contributed by atoms with Crippen molar-refractivity contribution in [1.82, 2.24) is 10.7 Å². The zero-order valence-electron chi connectivity index (χ0n) is 15.8. The summed E-state index contributed by atoms with van der Waals surface area (Å²) in [5, 5.41) is 7.82. The molecule has 0 aromatic heterocycles. The van der Waals surface area contributed by atoms with Crippen LogP contribution in [0.5, 0.6) is 5.75 Å². The van der Waals surface area contributed by atoms with Crippen LogP contribution in [0.4, 0.5) is 0 Å². The van der Waals surface area contributed by atoms with Gasteiger partial charge in [-0.1, -0.05) is 72.3 Å². The maximum Gasteiger partial charge on any atom is 0.187 e. The van der Waals surface area contributed by atoms with Crippen molar-refractivity contribution in [2.45, 2.75) is 20.1 Å². The molecular formula is C23H23N3OS. The van der Waals surface area contributed by atoms with Crippen LogP contribution in [0.25, 0.3) is 0 Å². The van der Waals surface area contributed by atoms with Gasteiger partial charge in [0.05, 0.1) is 6.21 Å². The number of nitrogens with one attached hydrogen (secondary N) is 2. The lowest BCUT2D eigenvalue weighted by atomic mass is 10.1. The van der Waals surface area contributed by atoms with E-state index in [0.717, 1.165) is 22.4 Å². The molecule has 142 valence electrons. The highest BCUT2D eigenvalue weighted by Gasteiger charge is 2.02. The van der Waals surface area contributed by atoms with Crippen LogP contribution in [-0.4, -0.2) is 11.3 Å². The Balaban J connectivity index is 1.52. The molecule has 0 spiro atoms. The van der Waals surface area contributed by atoms with Crippen molar-refractivity contribution in [2.24, 2.45) is 5.10 Å². The highest BCUT2D eigenvalue weighted by atomic mass is 32.1. The lowest BCUT2D eigenvalue weighted by molar-refractivity contribution is 0.306. The minimum absolute atomic E-state index is 0.471. The van der Waals surface area contributed by atoms with Crippen molar-refractivity contribution in [1.29, 1.82) is 0 Å². The van der Waals surface area contributed by atoms with Crippen LogP contribution in [0, 0.1) is 6.92 Å². The molecule has 2 N–H and O–H groups in total. The molecule has 3 aromatic carbocycles. The third-order valence-electron chi connectivity index (χ3n) is 4.10. The van der Waals surface area contributed by atoms with Crippen molar-refractivity contribution in [3.63, 3.8) is 0 Å². The fraction of sp³-hybridized carbons (Fsp3) is 0.130. The molecule has 3 rings (SSSR count). The number of para-hydroxylation sites is 1. The molecule has 0 aliphatic rings. The Hall–Kier alpha value is -3.18. The molecule has 0 bridgehead atoms. The third kappa shape index (κ3) is 6.21. The number of hydrogen-bond donors (Lipinski definition) is 2. The van der Waals surface area contributed by atoms with Gasteiger partial charge in [-0.2, -0.15) is 5.10 Å². The second kappa shape index (κ2) is 10.2. The number of benzene rings is 3. The molecule has 0 amide bonds. The van der Waals surface area contributed by atoms with E-state index >= 15 is 0 Å². The molecule has 28 heavy (non-hydrogen) atoms. The lowest BCUT2D eigenvalue weighted by Gasteiger charge is -2.10. The van der Waals surface area contributed by atoms with E-state index in [9.17, 15) is 0 Å². The SMILES string of the molecule is Cc1ccc(COc2ccccc2/C=N/NC(=S)NCc2ccccc2)cc1. The van der Waals surface area contributed by atoms with E-state index in [2.05, 4.69) is 47.0 Å². The van der Waals surface area contributed by atoms with E-state index in [0.29, 0.717) is 18.3 Å². The Kier molecular flexibility index (Phi) is 7.15. The van der Waals surface area contributed by atoms with E-state index in [1.54, 1.807) is 6.21 Å². The topological polar surface area (TPSA) is 45.6 Å². The number of hydrazone groups is 1. The highest BCUT2D eigenvalue weighted by Crippen LogP contribution is 2.17. The molecule has 5 heteroatoms. The van der Waals surface area contributed by atoms with Crippen molar-refractivity contribution >= 4 is 23.5 Å². The van der Waals surface area contributed by atoms with Crippen LogP contribution >= 0.6 is 12.2 Å². The summed E-state index contributed by atoms with van der Waals surface area (Å²) in [4.78, 5) is 0. The first-order valence-corrected chi connectivity index (χ1v) is 9.50. The Morgan fingerprint density at radius 1 is 0.929 bits per heavy atom. The molecule has 0 saturated carbocycles. The van der Waals surface area contributed by atoms with Gasteiger partial charge in [0.1, 0.15) is 12.4 Å². The molecule has 3 aromatic rings. The summed E-state index contributed by atoms with van der Waals surface area (Å²) in [7, 11) is 0. The monoisotopic (exact) mass is 389 g/mol. The van der Waals surface area contributed by atoms with Gasteiger partial charge in [-0.25, -0.2) is 0 Å². The van der Waals surface area contributed by atoms with E-state index in [4.69, 9.17) is 17.0 Å². The van der Waals surface area contributed by atoms with Gasteiger partial charge in [0.15, 0.2) is 5.11 Å². The molecule has 0 fully saturated rings. The molecule has 0 heterocycles. The summed E-state index contributed by atoms with van der Waals surface area (Å²) in [6, 6.07) is 26.2. The van der Waals surface area contributed by atoms with Gasteiger partial charge in [0, 0.05) is 12.1 Å². The molecule has 0 aliphatic carbocycles. The van der Waals surface area contributed by atoms with Crippen LogP contribution in [-0.2, 0) is 13.2 Å². The third-order valence-corrected chi connectivity index (χ3v) is 4.34. The summed E-state index contributed by atoms with van der Waals surface area (Å²) < 4.78 is 5.96. The van der Waals surface area contributed by atoms with E-state index in [1.807, 2.05) is 54.6 Å². The van der Waals surface area contributed by atoms with Gasteiger partial charge in [-0.3, -0.25) is 5.43 Å². The van der Waals surface area contributed by atoms with Crippen LogP contribution in [0.3, 0.4) is 0 Å². The molecule has 0 atom stereocenters. The first-order valence-electron chi connectivity index (χ1n) is 9.09. The normalized spacial score (nSPS) is 10.6. The van der Waals surface area contributed by atoms with Gasteiger partial charge in [-0.05, 0) is 42.4 Å². The number of thiocarbonyl (C=S) groups is 1. The first kappa shape index (κ1) is 19.6. The molecule has 0 aliphatic heterocycles. The molecule has 0 saturated heterocycles. The summed E-state index contributed by atoms with van der Waals surface area (Å²) in [5.74, 6) is 0.775. The van der Waals surface area contributed by atoms with Gasteiger partial charge >= 0.3 is 0 Å². The Labute approximate surface area is 171 Å². The van der Waals surface area contributed by atoms with Crippen LogP contribution in [0.1, 0.15) is 22.3 Å². The number of nitrogens with zero attached hydrogens (tertiary/aromatic N) is 1. The number of aryl methyl sites for hydroxylation is 1. The predicted octanol–water partition coefficient (Wildman–Crippen LogP) is 4.57. The summed E-state index contributed by atoms with van der Waals surface area (Å²) in [6.45, 7) is 3.23. The minimum atomic E-state index is 0.471. The van der Waals surface area contributed by atoms with Crippen molar-refractivity contribution in [3.05, 3.63) is 101 Å². The number of hydrogen-bond acceptors (Lipinski definition) is 3. The second-order valence-electron chi connectivity index (χ2n) is 6.35. The average molecular weight is 390 g/mol. The fourth-order valence-electron chi connectivity index (χ4n) is 2.54. The Morgan fingerprint density at radius 2 is 1.64 bits per heavy atom. The van der Waals surface area contributed by atoms with Crippen molar-refractivity contribution in [2.75, 3.05) is 0 Å². The van der Waals surface area contributed by atoms with Gasteiger partial charge in [-0.15, -0.1) is 0 Å². The van der Waals surface area contributed by atoms with Crippen LogP contribution in [0.2, 0.25) is 0 Å². The average Bonchev–Trinajstić information content (AvgIpc) is 2.73. The zero-order valence-corrected chi connectivity index (χ0v) is 16.6. The molecular weight excluding hydrogens is 366 g/mol. The molecule has 0 radical (unpaired) electrons. The smallest absolute Gasteiger partial charge is 0.187 e. The van der Waals surface area contributed by atoms with Gasteiger partial charge in [0.25, 0.3) is 0 Å². The van der Waals surface area contributed by atoms with E-state index in [-0.39, 0.29) is 0 Å². The standard InChI is InChI=1S/C23H23N3OS/c1-18-11-13-20(14-12-18)17-27-22-10-6-5-9-21(22)16-25-26-23(28)24-15-19-7-3-2-4-8-19/h2-14,16H,15,17H2,1H3,(H2,24,26,28)/b25-16+. The summed E-state index contributed by atoms with van der Waals surface area (Å²) >= 11 is 5.26. The van der Waals surface area contributed by atoms with Crippen LogP contribution in [0.15, 0.2) is 84.0 Å². The van der Waals surface area contributed by atoms with Crippen molar-refractivity contribution < 1.29 is 4.74 Å². The number of ether oxygens (including phenoxy) is 1. The maximum absolute atomic E-state index is 5.96. The van der Waals surface area contributed by atoms with Crippen molar-refractivity contribution in [3.8, 4) is 5.75 Å². The maximum atomic E-state index is 5.96. The second-order valence-corrected chi connectivity index (χ2v) is 6.76. The predicted molar refractivity (Wildman–Crippen MR) is 119 cm³/mol. The summed E-state index contributed by atoms with van der Waals surface area (Å²) in [5.41, 5.74) is 7.25. The lowest BCUT2D eigenvalue weighted by Crippen LogP contribution is -2.31. The largest absolute Gasteiger partial charge is 0.488 e. The summed E-state index contributed by atoms with van der Waals surface area (Å²) in [6.07, 6.45) is 1.71. The Bertz CT molecular complexity index is 924. The highest BCUT2D eigenvalue weighted by molar-refractivity contribution is 7.80. The Morgan fingerprint density at radius 3 is 2.43 bits per heavy atom. The molecule has 0 unspecified atom stereocenters. The fourth-order valence-corrected chi connectivity index (χ4v) is 2.67. The van der Waals surface area contributed by atoms with Crippen LogP contribution < -0.4 is 15.5 Å². The minimum Gasteiger partial charge on any atom is -0.488 e. The van der Waals surface area contributed by atoms with Gasteiger partial charge < -0.3 is 10.1 Å². The van der Waals surface area contributed by atoms with Gasteiger partial charge in [0.2, 0.25) is 0 Å². The molecule has 4 nitrogen and oxygen atoms in total. The van der Waals surface area contributed by atoms with E-state index < -0.39 is 0 Å². The quantitative estimate of drug-likeness (QED) is 0.353. The van der Waals surface area contributed by atoms with E-state index in [1.165, 1.54) is 5.56 Å². The first-order chi connectivity index (χ1) is 13.7. The zero-order chi connectivity index (χ0) is 19.6.